The standard InChI is InChI=1S/C14H20N2O3/c1-10(17)7-8-15-14(19)13-5-3-12(4-6-13)9-16-11(2)18/h3-6,10,17H,7-9H2,1-2H3,(H,15,19)(H,16,18). The molecule has 19 heavy (non-hydrogen) atoms. The fraction of sp³-hybridized carbons (Fsp3) is 0.429. The first kappa shape index (κ1) is 15.2. The lowest BCUT2D eigenvalue weighted by Crippen LogP contribution is -2.26. The maximum absolute atomic E-state index is 11.7. The molecule has 5 nitrogen and oxygen atoms in total. The van der Waals surface area contributed by atoms with E-state index in [2.05, 4.69) is 10.6 Å². The van der Waals surface area contributed by atoms with Crippen LogP contribution >= 0.6 is 0 Å². The Bertz CT molecular complexity index is 427. The number of aliphatic hydroxyl groups is 1. The molecule has 0 aliphatic heterocycles. The van der Waals surface area contributed by atoms with Crippen LogP contribution in [0, 0.1) is 0 Å². The van der Waals surface area contributed by atoms with Gasteiger partial charge in [0.1, 0.15) is 0 Å². The van der Waals surface area contributed by atoms with Crippen LogP contribution in [0.25, 0.3) is 0 Å². The lowest BCUT2D eigenvalue weighted by atomic mass is 10.1. The monoisotopic (exact) mass is 264 g/mol. The van der Waals surface area contributed by atoms with Crippen LogP contribution in [0.3, 0.4) is 0 Å². The Balaban J connectivity index is 2.46. The third-order valence-electron chi connectivity index (χ3n) is 2.61. The first-order valence-electron chi connectivity index (χ1n) is 6.28. The Morgan fingerprint density at radius 3 is 2.37 bits per heavy atom. The summed E-state index contributed by atoms with van der Waals surface area (Å²) in [4.78, 5) is 22.5. The minimum absolute atomic E-state index is 0.0834. The van der Waals surface area contributed by atoms with Crippen molar-refractivity contribution < 1.29 is 14.7 Å². The van der Waals surface area contributed by atoms with E-state index in [9.17, 15) is 9.59 Å². The molecule has 0 saturated carbocycles. The molecule has 0 spiro atoms. The molecule has 0 fully saturated rings. The maximum atomic E-state index is 11.7. The minimum Gasteiger partial charge on any atom is -0.393 e. The van der Waals surface area contributed by atoms with Crippen molar-refractivity contribution >= 4 is 11.8 Å². The molecule has 1 atom stereocenters. The molecule has 5 heteroatoms. The van der Waals surface area contributed by atoms with Crippen LogP contribution in [0.5, 0.6) is 0 Å². The Hall–Kier alpha value is -1.88. The summed E-state index contributed by atoms with van der Waals surface area (Å²) in [6.45, 7) is 4.05. The van der Waals surface area contributed by atoms with Gasteiger partial charge in [-0.15, -0.1) is 0 Å². The van der Waals surface area contributed by atoms with E-state index in [1.54, 1.807) is 31.2 Å². The molecule has 2 amide bonds. The van der Waals surface area contributed by atoms with Crippen LogP contribution < -0.4 is 10.6 Å². The molecule has 1 rings (SSSR count). The Morgan fingerprint density at radius 2 is 1.84 bits per heavy atom. The normalized spacial score (nSPS) is 11.7. The van der Waals surface area contributed by atoms with Gasteiger partial charge in [-0.1, -0.05) is 12.1 Å². The Labute approximate surface area is 113 Å². The summed E-state index contributed by atoms with van der Waals surface area (Å²) in [6.07, 6.45) is 0.118. The molecule has 0 heterocycles. The summed E-state index contributed by atoms with van der Waals surface area (Å²) in [5.41, 5.74) is 1.51. The van der Waals surface area contributed by atoms with Crippen molar-refractivity contribution in [1.82, 2.24) is 10.6 Å². The number of hydrogen-bond donors (Lipinski definition) is 3. The van der Waals surface area contributed by atoms with Crippen LogP contribution in [-0.2, 0) is 11.3 Å². The molecule has 1 aromatic rings. The number of nitrogens with one attached hydrogen (secondary N) is 2. The van der Waals surface area contributed by atoms with Gasteiger partial charge in [-0.05, 0) is 31.0 Å². The first-order valence-corrected chi connectivity index (χ1v) is 6.28. The smallest absolute Gasteiger partial charge is 0.251 e. The van der Waals surface area contributed by atoms with Crippen molar-refractivity contribution in [2.45, 2.75) is 32.9 Å². The number of carbonyl (C=O) groups excluding carboxylic acids is 2. The van der Waals surface area contributed by atoms with Crippen LogP contribution in [-0.4, -0.2) is 29.6 Å². The molecular formula is C14H20N2O3. The average Bonchev–Trinajstić information content (AvgIpc) is 2.36. The molecular weight excluding hydrogens is 244 g/mol. The van der Waals surface area contributed by atoms with E-state index in [-0.39, 0.29) is 11.8 Å². The van der Waals surface area contributed by atoms with E-state index in [1.807, 2.05) is 0 Å². The lowest BCUT2D eigenvalue weighted by molar-refractivity contribution is -0.119. The summed E-state index contributed by atoms with van der Waals surface area (Å²) in [5.74, 6) is -0.244. The second-order valence-electron chi connectivity index (χ2n) is 4.50. The van der Waals surface area contributed by atoms with E-state index in [4.69, 9.17) is 5.11 Å². The summed E-state index contributed by atoms with van der Waals surface area (Å²) in [7, 11) is 0. The van der Waals surface area contributed by atoms with Gasteiger partial charge in [-0.2, -0.15) is 0 Å². The zero-order valence-electron chi connectivity index (χ0n) is 11.3. The van der Waals surface area contributed by atoms with Crippen molar-refractivity contribution in [3.8, 4) is 0 Å². The molecule has 104 valence electrons. The second-order valence-corrected chi connectivity index (χ2v) is 4.50. The third-order valence-corrected chi connectivity index (χ3v) is 2.61. The van der Waals surface area contributed by atoms with Crippen LogP contribution in [0.2, 0.25) is 0 Å². The fourth-order valence-electron chi connectivity index (χ4n) is 1.50. The predicted octanol–water partition coefficient (Wildman–Crippen LogP) is 0.823. The zero-order valence-corrected chi connectivity index (χ0v) is 11.3. The van der Waals surface area contributed by atoms with Crippen molar-refractivity contribution in [2.75, 3.05) is 6.54 Å². The minimum atomic E-state index is -0.416. The van der Waals surface area contributed by atoms with Gasteiger partial charge < -0.3 is 15.7 Å². The summed E-state index contributed by atoms with van der Waals surface area (Å²) < 4.78 is 0. The summed E-state index contributed by atoms with van der Waals surface area (Å²) in [6, 6.07) is 7.04. The van der Waals surface area contributed by atoms with Gasteiger partial charge in [0.25, 0.3) is 5.91 Å². The lowest BCUT2D eigenvalue weighted by Gasteiger charge is -2.07. The van der Waals surface area contributed by atoms with Crippen molar-refractivity contribution in [1.29, 1.82) is 0 Å². The van der Waals surface area contributed by atoms with Crippen molar-refractivity contribution in [3.05, 3.63) is 35.4 Å². The average molecular weight is 264 g/mol. The van der Waals surface area contributed by atoms with Gasteiger partial charge in [0, 0.05) is 25.6 Å². The van der Waals surface area contributed by atoms with Gasteiger partial charge in [0.2, 0.25) is 5.91 Å². The second kappa shape index (κ2) is 7.53. The highest BCUT2D eigenvalue weighted by Crippen LogP contribution is 2.04. The summed E-state index contributed by atoms with van der Waals surface area (Å²) >= 11 is 0. The van der Waals surface area contributed by atoms with Gasteiger partial charge in [0.15, 0.2) is 0 Å². The zero-order chi connectivity index (χ0) is 14.3. The van der Waals surface area contributed by atoms with Crippen molar-refractivity contribution in [2.24, 2.45) is 0 Å². The Kier molecular flexibility index (Phi) is 6.02. The van der Waals surface area contributed by atoms with Gasteiger partial charge >= 0.3 is 0 Å². The highest BCUT2D eigenvalue weighted by atomic mass is 16.3. The molecule has 1 unspecified atom stereocenters. The first-order chi connectivity index (χ1) is 8.99. The van der Waals surface area contributed by atoms with E-state index >= 15 is 0 Å². The molecule has 0 saturated heterocycles. The van der Waals surface area contributed by atoms with Gasteiger partial charge in [-0.25, -0.2) is 0 Å². The maximum Gasteiger partial charge on any atom is 0.251 e. The Morgan fingerprint density at radius 1 is 1.21 bits per heavy atom. The third kappa shape index (κ3) is 6.01. The molecule has 1 aromatic carbocycles. The molecule has 0 aliphatic rings. The SMILES string of the molecule is CC(=O)NCc1ccc(C(=O)NCCC(C)O)cc1. The fourth-order valence-corrected chi connectivity index (χ4v) is 1.50. The van der Waals surface area contributed by atoms with Crippen LogP contribution in [0.4, 0.5) is 0 Å². The molecule has 0 aromatic heterocycles. The quantitative estimate of drug-likeness (QED) is 0.712. The van der Waals surface area contributed by atoms with E-state index in [0.717, 1.165) is 5.56 Å². The summed E-state index contributed by atoms with van der Waals surface area (Å²) in [5, 5.41) is 14.5. The topological polar surface area (TPSA) is 78.4 Å². The highest BCUT2D eigenvalue weighted by Gasteiger charge is 2.05. The predicted molar refractivity (Wildman–Crippen MR) is 72.6 cm³/mol. The number of hydrogen-bond acceptors (Lipinski definition) is 3. The van der Waals surface area contributed by atoms with Crippen LogP contribution in [0.15, 0.2) is 24.3 Å². The largest absolute Gasteiger partial charge is 0.393 e. The van der Waals surface area contributed by atoms with E-state index < -0.39 is 6.10 Å². The van der Waals surface area contributed by atoms with E-state index in [1.165, 1.54) is 6.92 Å². The van der Waals surface area contributed by atoms with Crippen LogP contribution in [0.1, 0.15) is 36.2 Å². The van der Waals surface area contributed by atoms with E-state index in [0.29, 0.717) is 25.1 Å². The molecule has 0 radical (unpaired) electrons. The molecule has 0 aliphatic carbocycles. The highest BCUT2D eigenvalue weighted by molar-refractivity contribution is 5.94. The van der Waals surface area contributed by atoms with Gasteiger partial charge in [0.05, 0.1) is 6.10 Å². The molecule has 0 bridgehead atoms. The number of aliphatic hydroxyl groups excluding tert-OH is 1. The number of amides is 2. The number of carbonyl (C=O) groups is 2. The van der Waals surface area contributed by atoms with Gasteiger partial charge in [-0.3, -0.25) is 9.59 Å². The number of benzene rings is 1. The molecule has 3 N–H and O–H groups in total. The van der Waals surface area contributed by atoms with Crippen molar-refractivity contribution in [3.63, 3.8) is 0 Å². The number of rotatable bonds is 6.